The quantitative estimate of drug-likeness (QED) is 0.426. The maximum absolute atomic E-state index is 12.1. The number of rotatable bonds is 7. The number of hydrogen-bond acceptors (Lipinski definition) is 4. The summed E-state index contributed by atoms with van der Waals surface area (Å²) in [6.07, 6.45) is 1.90. The molecule has 0 fully saturated rings. The Balaban J connectivity index is 1.81. The summed E-state index contributed by atoms with van der Waals surface area (Å²) in [5.74, 6) is 0.532. The first kappa shape index (κ1) is 20.4. The summed E-state index contributed by atoms with van der Waals surface area (Å²) in [4.78, 5) is 16.7. The van der Waals surface area contributed by atoms with Gasteiger partial charge in [0.25, 0.3) is 0 Å². The van der Waals surface area contributed by atoms with Crippen LogP contribution in [-0.4, -0.2) is 30.5 Å². The molecule has 0 saturated heterocycles. The number of carbonyl (C=O) groups excluding carboxylic acids is 1. The molecule has 5 nitrogen and oxygen atoms in total. The molecule has 2 aromatic carbocycles. The van der Waals surface area contributed by atoms with E-state index >= 15 is 0 Å². The standard InChI is InChI=1S/C24H26N2O3/c1-5-29-24(27)20-7-6-8-22(14-20)26-17(2)13-21(18(26)3)16-25-15-19-9-11-23(28-4)12-10-19/h6-14,16H,5,15H2,1-4H3. The Hall–Kier alpha value is -3.34. The zero-order valence-corrected chi connectivity index (χ0v) is 17.3. The number of aromatic nitrogens is 1. The second-order valence-electron chi connectivity index (χ2n) is 6.75. The highest BCUT2D eigenvalue weighted by atomic mass is 16.5. The summed E-state index contributed by atoms with van der Waals surface area (Å²) in [7, 11) is 1.66. The van der Waals surface area contributed by atoms with E-state index < -0.39 is 0 Å². The zero-order chi connectivity index (χ0) is 20.8. The third kappa shape index (κ3) is 4.74. The minimum Gasteiger partial charge on any atom is -0.497 e. The van der Waals surface area contributed by atoms with Crippen molar-refractivity contribution in [3.05, 3.63) is 82.7 Å². The Labute approximate surface area is 171 Å². The van der Waals surface area contributed by atoms with Gasteiger partial charge in [0.15, 0.2) is 0 Å². The second-order valence-corrected chi connectivity index (χ2v) is 6.75. The molecule has 0 unspecified atom stereocenters. The number of methoxy groups -OCH3 is 1. The van der Waals surface area contributed by atoms with Crippen LogP contribution in [0, 0.1) is 13.8 Å². The van der Waals surface area contributed by atoms with Crippen molar-refractivity contribution < 1.29 is 14.3 Å². The molecule has 0 aliphatic carbocycles. The lowest BCUT2D eigenvalue weighted by molar-refractivity contribution is 0.0526. The fourth-order valence-electron chi connectivity index (χ4n) is 3.28. The Morgan fingerprint density at radius 1 is 1.10 bits per heavy atom. The molecule has 0 atom stereocenters. The van der Waals surface area contributed by atoms with Crippen molar-refractivity contribution >= 4 is 12.2 Å². The van der Waals surface area contributed by atoms with Crippen LogP contribution in [0.3, 0.4) is 0 Å². The van der Waals surface area contributed by atoms with E-state index in [-0.39, 0.29) is 5.97 Å². The molecule has 5 heteroatoms. The molecule has 3 rings (SSSR count). The average molecular weight is 390 g/mol. The van der Waals surface area contributed by atoms with E-state index in [2.05, 4.69) is 22.5 Å². The molecule has 0 saturated carbocycles. The van der Waals surface area contributed by atoms with E-state index in [4.69, 9.17) is 9.47 Å². The highest BCUT2D eigenvalue weighted by Gasteiger charge is 2.12. The number of carbonyl (C=O) groups is 1. The lowest BCUT2D eigenvalue weighted by Crippen LogP contribution is -2.06. The summed E-state index contributed by atoms with van der Waals surface area (Å²) in [5.41, 5.74) is 5.80. The largest absolute Gasteiger partial charge is 0.497 e. The van der Waals surface area contributed by atoms with E-state index in [1.165, 1.54) is 0 Å². The Kier molecular flexibility index (Phi) is 6.50. The van der Waals surface area contributed by atoms with Gasteiger partial charge < -0.3 is 14.0 Å². The number of hydrogen-bond donors (Lipinski definition) is 0. The van der Waals surface area contributed by atoms with Crippen molar-refractivity contribution in [2.24, 2.45) is 4.99 Å². The molecule has 0 aliphatic heterocycles. The van der Waals surface area contributed by atoms with E-state index in [0.717, 1.165) is 34.0 Å². The lowest BCUT2D eigenvalue weighted by atomic mass is 10.2. The predicted octanol–water partition coefficient (Wildman–Crippen LogP) is 4.90. The van der Waals surface area contributed by atoms with Gasteiger partial charge in [-0.2, -0.15) is 0 Å². The molecule has 3 aromatic rings. The molecule has 0 bridgehead atoms. The maximum atomic E-state index is 12.1. The molecule has 150 valence electrons. The molecule has 1 heterocycles. The van der Waals surface area contributed by atoms with Crippen molar-refractivity contribution in [1.82, 2.24) is 4.57 Å². The topological polar surface area (TPSA) is 52.8 Å². The summed E-state index contributed by atoms with van der Waals surface area (Å²) in [6, 6.07) is 17.5. The number of nitrogens with zero attached hydrogens (tertiary/aromatic N) is 2. The summed E-state index contributed by atoms with van der Waals surface area (Å²) < 4.78 is 12.4. The molecule has 0 spiro atoms. The third-order valence-electron chi connectivity index (χ3n) is 4.75. The molecular formula is C24H26N2O3. The van der Waals surface area contributed by atoms with Crippen molar-refractivity contribution in [2.45, 2.75) is 27.3 Å². The van der Waals surface area contributed by atoms with Gasteiger partial charge in [0.05, 0.1) is 25.8 Å². The first-order chi connectivity index (χ1) is 14.0. The van der Waals surface area contributed by atoms with E-state index in [1.807, 2.05) is 55.6 Å². The molecule has 0 radical (unpaired) electrons. The summed E-state index contributed by atoms with van der Waals surface area (Å²) in [5, 5.41) is 0. The normalized spacial score (nSPS) is 11.0. The molecule has 0 aliphatic rings. The highest BCUT2D eigenvalue weighted by molar-refractivity contribution is 5.90. The van der Waals surface area contributed by atoms with E-state index in [9.17, 15) is 4.79 Å². The molecular weight excluding hydrogens is 364 g/mol. The minimum atomic E-state index is -0.307. The average Bonchev–Trinajstić information content (AvgIpc) is 3.02. The predicted molar refractivity (Wildman–Crippen MR) is 115 cm³/mol. The van der Waals surface area contributed by atoms with Gasteiger partial charge in [-0.05, 0) is 62.7 Å². The van der Waals surface area contributed by atoms with Gasteiger partial charge in [0, 0.05) is 28.9 Å². The fraction of sp³-hybridized carbons (Fsp3) is 0.250. The van der Waals surface area contributed by atoms with Crippen LogP contribution in [0.4, 0.5) is 0 Å². The highest BCUT2D eigenvalue weighted by Crippen LogP contribution is 2.21. The maximum Gasteiger partial charge on any atom is 0.338 e. The van der Waals surface area contributed by atoms with Crippen LogP contribution < -0.4 is 4.74 Å². The first-order valence-electron chi connectivity index (χ1n) is 9.62. The SMILES string of the molecule is CCOC(=O)c1cccc(-n2c(C)cc(C=NCc3ccc(OC)cc3)c2C)c1. The number of aliphatic imine (C=N–C) groups is 1. The van der Waals surface area contributed by atoms with Gasteiger partial charge in [-0.3, -0.25) is 4.99 Å². The van der Waals surface area contributed by atoms with Gasteiger partial charge in [0.1, 0.15) is 5.75 Å². The van der Waals surface area contributed by atoms with Gasteiger partial charge in [-0.1, -0.05) is 18.2 Å². The van der Waals surface area contributed by atoms with Crippen LogP contribution in [0.2, 0.25) is 0 Å². The molecule has 0 amide bonds. The molecule has 1 aromatic heterocycles. The van der Waals surface area contributed by atoms with Gasteiger partial charge in [0.2, 0.25) is 0 Å². The monoisotopic (exact) mass is 390 g/mol. The van der Waals surface area contributed by atoms with Gasteiger partial charge in [-0.15, -0.1) is 0 Å². The Morgan fingerprint density at radius 2 is 1.86 bits per heavy atom. The third-order valence-corrected chi connectivity index (χ3v) is 4.75. The van der Waals surface area contributed by atoms with Crippen LogP contribution in [0.25, 0.3) is 5.69 Å². The second kappa shape index (κ2) is 9.24. The summed E-state index contributed by atoms with van der Waals surface area (Å²) >= 11 is 0. The van der Waals surface area contributed by atoms with E-state index in [0.29, 0.717) is 18.7 Å². The van der Waals surface area contributed by atoms with Crippen molar-refractivity contribution in [3.8, 4) is 11.4 Å². The van der Waals surface area contributed by atoms with Crippen LogP contribution in [0.5, 0.6) is 5.75 Å². The minimum absolute atomic E-state index is 0.307. The van der Waals surface area contributed by atoms with Crippen LogP contribution in [-0.2, 0) is 11.3 Å². The van der Waals surface area contributed by atoms with Gasteiger partial charge >= 0.3 is 5.97 Å². The number of benzene rings is 2. The number of ether oxygens (including phenoxy) is 2. The molecule has 29 heavy (non-hydrogen) atoms. The van der Waals surface area contributed by atoms with Crippen molar-refractivity contribution in [3.63, 3.8) is 0 Å². The van der Waals surface area contributed by atoms with E-state index in [1.54, 1.807) is 20.1 Å². The smallest absolute Gasteiger partial charge is 0.338 e. The Bertz CT molecular complexity index is 1020. The van der Waals surface area contributed by atoms with Crippen molar-refractivity contribution in [2.75, 3.05) is 13.7 Å². The Morgan fingerprint density at radius 3 is 2.55 bits per heavy atom. The number of aryl methyl sites for hydroxylation is 1. The number of esters is 1. The lowest BCUT2D eigenvalue weighted by Gasteiger charge is -2.11. The molecule has 0 N–H and O–H groups in total. The van der Waals surface area contributed by atoms with Crippen LogP contribution in [0.1, 0.15) is 39.8 Å². The van der Waals surface area contributed by atoms with Crippen molar-refractivity contribution in [1.29, 1.82) is 0 Å². The van der Waals surface area contributed by atoms with Gasteiger partial charge in [-0.25, -0.2) is 4.79 Å². The fourth-order valence-corrected chi connectivity index (χ4v) is 3.28. The zero-order valence-electron chi connectivity index (χ0n) is 17.3. The summed E-state index contributed by atoms with van der Waals surface area (Å²) in [6.45, 7) is 6.87. The van der Waals surface area contributed by atoms with Crippen LogP contribution in [0.15, 0.2) is 59.6 Å². The van der Waals surface area contributed by atoms with Crippen LogP contribution >= 0.6 is 0 Å². The first-order valence-corrected chi connectivity index (χ1v) is 9.62.